The van der Waals surface area contributed by atoms with Gasteiger partial charge in [-0.1, -0.05) is 48.5 Å². The quantitative estimate of drug-likeness (QED) is 0.780. The van der Waals surface area contributed by atoms with Crippen molar-refractivity contribution < 1.29 is 14.3 Å². The molecule has 0 bridgehead atoms. The summed E-state index contributed by atoms with van der Waals surface area (Å²) < 4.78 is 5.26. The molecule has 25 heavy (non-hydrogen) atoms. The first-order valence-electron chi connectivity index (χ1n) is 8.11. The van der Waals surface area contributed by atoms with Crippen LogP contribution in [0, 0.1) is 0 Å². The van der Waals surface area contributed by atoms with Gasteiger partial charge in [-0.3, -0.25) is 0 Å². The predicted molar refractivity (Wildman–Crippen MR) is 99.5 cm³/mol. The van der Waals surface area contributed by atoms with Crippen molar-refractivity contribution in [3.8, 4) is 0 Å². The molecule has 0 aliphatic carbocycles. The summed E-state index contributed by atoms with van der Waals surface area (Å²) in [5.41, 5.74) is 1.76. The van der Waals surface area contributed by atoms with Gasteiger partial charge in [0.25, 0.3) is 0 Å². The van der Waals surface area contributed by atoms with Crippen molar-refractivity contribution in [1.82, 2.24) is 5.32 Å². The third-order valence-corrected chi connectivity index (χ3v) is 3.24. The molecule has 0 saturated heterocycles. The summed E-state index contributed by atoms with van der Waals surface area (Å²) in [4.78, 5) is 24.1. The van der Waals surface area contributed by atoms with E-state index in [9.17, 15) is 9.59 Å². The Bertz CT molecular complexity index is 740. The Morgan fingerprint density at radius 3 is 2.44 bits per heavy atom. The van der Waals surface area contributed by atoms with Gasteiger partial charge in [0.2, 0.25) is 0 Å². The van der Waals surface area contributed by atoms with Crippen LogP contribution in [0.4, 0.5) is 10.5 Å². The molecule has 0 aliphatic rings. The zero-order valence-electron chi connectivity index (χ0n) is 14.4. The summed E-state index contributed by atoms with van der Waals surface area (Å²) in [6, 6.07) is 16.1. The van der Waals surface area contributed by atoms with Crippen molar-refractivity contribution in [3.63, 3.8) is 0 Å². The maximum Gasteiger partial charge on any atom is 0.340 e. The number of ether oxygens (including phenoxy) is 1. The van der Waals surface area contributed by atoms with Crippen LogP contribution in [0.5, 0.6) is 0 Å². The molecule has 0 aliphatic heterocycles. The molecular weight excluding hydrogens is 316 g/mol. The third kappa shape index (κ3) is 6.14. The van der Waals surface area contributed by atoms with E-state index >= 15 is 0 Å². The molecule has 2 N–H and O–H groups in total. The smallest absolute Gasteiger partial charge is 0.340 e. The number of carbonyl (C=O) groups is 2. The lowest BCUT2D eigenvalue weighted by Crippen LogP contribution is -2.34. The van der Waals surface area contributed by atoms with Crippen LogP contribution in [0.15, 0.2) is 60.7 Å². The molecule has 0 saturated carbocycles. The normalized spacial score (nSPS) is 10.7. The molecule has 0 heterocycles. The number of amides is 2. The average Bonchev–Trinajstić information content (AvgIpc) is 2.59. The maximum atomic E-state index is 12.3. The van der Waals surface area contributed by atoms with Gasteiger partial charge < -0.3 is 15.4 Å². The number of para-hydroxylation sites is 1. The summed E-state index contributed by atoms with van der Waals surface area (Å²) >= 11 is 0. The molecule has 5 nitrogen and oxygen atoms in total. The molecule has 2 aromatic carbocycles. The van der Waals surface area contributed by atoms with Crippen LogP contribution < -0.4 is 10.6 Å². The minimum Gasteiger partial charge on any atom is -0.458 e. The van der Waals surface area contributed by atoms with E-state index < -0.39 is 5.97 Å². The number of esters is 1. The van der Waals surface area contributed by atoms with Crippen molar-refractivity contribution in [2.45, 2.75) is 19.9 Å². The highest BCUT2D eigenvalue weighted by Crippen LogP contribution is 2.16. The van der Waals surface area contributed by atoms with Gasteiger partial charge in [-0.15, -0.1) is 0 Å². The van der Waals surface area contributed by atoms with Crippen LogP contribution in [0.25, 0.3) is 6.08 Å². The standard InChI is InChI=1S/C20H22N2O3/c1-15(2)21-20(24)22-18-13-7-6-12-17(18)19(23)25-14-8-11-16-9-4-3-5-10-16/h3-13,15H,14H2,1-2H3,(H2,21,22,24)/b11-8+. The van der Waals surface area contributed by atoms with E-state index in [2.05, 4.69) is 10.6 Å². The van der Waals surface area contributed by atoms with Crippen LogP contribution >= 0.6 is 0 Å². The first-order chi connectivity index (χ1) is 12.1. The number of hydrogen-bond donors (Lipinski definition) is 2. The fourth-order valence-corrected chi connectivity index (χ4v) is 2.14. The van der Waals surface area contributed by atoms with Gasteiger partial charge in [0.05, 0.1) is 11.3 Å². The minimum atomic E-state index is -0.488. The average molecular weight is 338 g/mol. The second kappa shape index (κ2) is 9.27. The fraction of sp³-hybridized carbons (Fsp3) is 0.200. The van der Waals surface area contributed by atoms with E-state index in [0.717, 1.165) is 5.56 Å². The molecule has 2 aromatic rings. The summed E-state index contributed by atoms with van der Waals surface area (Å²) in [5.74, 6) is -0.488. The molecule has 0 unspecified atom stereocenters. The maximum absolute atomic E-state index is 12.3. The van der Waals surface area contributed by atoms with Crippen LogP contribution in [0.1, 0.15) is 29.8 Å². The molecule has 0 radical (unpaired) electrons. The first kappa shape index (κ1) is 18.3. The monoisotopic (exact) mass is 338 g/mol. The fourth-order valence-electron chi connectivity index (χ4n) is 2.14. The van der Waals surface area contributed by atoms with Gasteiger partial charge in [0, 0.05) is 6.04 Å². The van der Waals surface area contributed by atoms with Crippen molar-refractivity contribution in [2.75, 3.05) is 11.9 Å². The van der Waals surface area contributed by atoms with Gasteiger partial charge in [-0.25, -0.2) is 9.59 Å². The Morgan fingerprint density at radius 1 is 1.04 bits per heavy atom. The van der Waals surface area contributed by atoms with Crippen LogP contribution in [0.2, 0.25) is 0 Å². The van der Waals surface area contributed by atoms with Crippen molar-refractivity contribution >= 4 is 23.8 Å². The van der Waals surface area contributed by atoms with E-state index in [4.69, 9.17) is 4.74 Å². The lowest BCUT2D eigenvalue weighted by atomic mass is 10.2. The molecule has 2 rings (SSSR count). The van der Waals surface area contributed by atoms with Crippen molar-refractivity contribution in [2.24, 2.45) is 0 Å². The molecule has 0 aromatic heterocycles. The molecule has 2 amide bonds. The molecule has 0 atom stereocenters. The summed E-state index contributed by atoms with van der Waals surface area (Å²) in [7, 11) is 0. The number of hydrogen-bond acceptors (Lipinski definition) is 3. The Balaban J connectivity index is 1.95. The molecule has 0 spiro atoms. The Labute approximate surface area is 147 Å². The zero-order valence-corrected chi connectivity index (χ0v) is 14.4. The van der Waals surface area contributed by atoms with Crippen LogP contribution in [0.3, 0.4) is 0 Å². The third-order valence-electron chi connectivity index (χ3n) is 3.24. The lowest BCUT2D eigenvalue weighted by Gasteiger charge is -2.12. The highest BCUT2D eigenvalue weighted by atomic mass is 16.5. The van der Waals surface area contributed by atoms with Gasteiger partial charge in [-0.05, 0) is 37.6 Å². The number of benzene rings is 2. The Morgan fingerprint density at radius 2 is 1.72 bits per heavy atom. The number of rotatable bonds is 6. The largest absolute Gasteiger partial charge is 0.458 e. The van der Waals surface area contributed by atoms with Gasteiger partial charge in [0.15, 0.2) is 0 Å². The van der Waals surface area contributed by atoms with E-state index in [1.807, 2.05) is 50.3 Å². The SMILES string of the molecule is CC(C)NC(=O)Nc1ccccc1C(=O)OC/C=C/c1ccccc1. The summed E-state index contributed by atoms with van der Waals surface area (Å²) in [6.07, 6.45) is 3.66. The molecule has 130 valence electrons. The van der Waals surface area contributed by atoms with Gasteiger partial charge >= 0.3 is 12.0 Å². The second-order valence-corrected chi connectivity index (χ2v) is 5.71. The summed E-state index contributed by atoms with van der Waals surface area (Å²) in [5, 5.41) is 5.38. The van der Waals surface area contributed by atoms with Crippen molar-refractivity contribution in [1.29, 1.82) is 0 Å². The lowest BCUT2D eigenvalue weighted by molar-refractivity contribution is 0.0551. The van der Waals surface area contributed by atoms with E-state index in [1.54, 1.807) is 30.3 Å². The number of nitrogens with one attached hydrogen (secondary N) is 2. The highest BCUT2D eigenvalue weighted by molar-refractivity contribution is 6.00. The van der Waals surface area contributed by atoms with Gasteiger partial charge in [-0.2, -0.15) is 0 Å². The molecular formula is C20H22N2O3. The first-order valence-corrected chi connectivity index (χ1v) is 8.11. The molecule has 0 fully saturated rings. The van der Waals surface area contributed by atoms with E-state index in [1.165, 1.54) is 0 Å². The zero-order chi connectivity index (χ0) is 18.1. The minimum absolute atomic E-state index is 0.00207. The van der Waals surface area contributed by atoms with E-state index in [0.29, 0.717) is 11.3 Å². The van der Waals surface area contributed by atoms with E-state index in [-0.39, 0.29) is 18.7 Å². The number of urea groups is 1. The second-order valence-electron chi connectivity index (χ2n) is 5.71. The van der Waals surface area contributed by atoms with Gasteiger partial charge in [0.1, 0.15) is 6.61 Å². The number of anilines is 1. The molecule has 5 heteroatoms. The topological polar surface area (TPSA) is 67.4 Å². The Hall–Kier alpha value is -3.08. The Kier molecular flexibility index (Phi) is 6.77. The van der Waals surface area contributed by atoms with Crippen molar-refractivity contribution in [3.05, 3.63) is 71.8 Å². The predicted octanol–water partition coefficient (Wildman–Crippen LogP) is 4.09. The number of carbonyl (C=O) groups excluding carboxylic acids is 2. The van der Waals surface area contributed by atoms with Crippen LogP contribution in [-0.4, -0.2) is 24.6 Å². The van der Waals surface area contributed by atoms with Crippen LogP contribution in [-0.2, 0) is 4.74 Å². The summed E-state index contributed by atoms with van der Waals surface area (Å²) in [6.45, 7) is 3.87. The highest BCUT2D eigenvalue weighted by Gasteiger charge is 2.14.